The minimum absolute atomic E-state index is 0.163. The lowest BCUT2D eigenvalue weighted by atomic mass is 10.0. The smallest absolute Gasteiger partial charge is 0.303 e. The molecule has 0 atom stereocenters. The lowest BCUT2D eigenvalue weighted by Crippen LogP contribution is -2.03. The molecule has 3 rings (SSSR count). The summed E-state index contributed by atoms with van der Waals surface area (Å²) < 4.78 is 5.96. The Balaban J connectivity index is 1.56. The summed E-state index contributed by atoms with van der Waals surface area (Å²) in [6, 6.07) is 18.4. The number of carboxylic acids is 1. The van der Waals surface area contributed by atoms with E-state index < -0.39 is 5.97 Å². The molecule has 1 N–H and O–H groups in total. The Bertz CT molecular complexity index is 730. The predicted molar refractivity (Wildman–Crippen MR) is 98.9 cm³/mol. The van der Waals surface area contributed by atoms with Crippen LogP contribution in [0.5, 0.6) is 5.75 Å². The van der Waals surface area contributed by atoms with Crippen LogP contribution >= 0.6 is 0 Å². The summed E-state index contributed by atoms with van der Waals surface area (Å²) in [7, 11) is 0. The first-order chi connectivity index (χ1) is 12.2. The third kappa shape index (κ3) is 5.21. The zero-order chi connectivity index (χ0) is 17.5. The number of hydrogen-bond donors (Lipinski definition) is 1. The number of carboxylic acid groups (broad SMARTS) is 1. The standard InChI is InChI=1S/C22H24O3/c23-22(24)14-11-17-9-12-21(13-10-17)25-16-20-8-4-7-19(20)15-18-5-2-1-3-6-18/h1-3,5-6,9-10,12-13H,4,7-8,11,14-16H2,(H,23,24). The van der Waals surface area contributed by atoms with Crippen LogP contribution in [0, 0.1) is 0 Å². The van der Waals surface area contributed by atoms with E-state index in [2.05, 4.69) is 30.3 Å². The van der Waals surface area contributed by atoms with Crippen molar-refractivity contribution in [2.45, 2.75) is 38.5 Å². The van der Waals surface area contributed by atoms with E-state index in [1.165, 1.54) is 29.6 Å². The first kappa shape index (κ1) is 17.3. The monoisotopic (exact) mass is 336 g/mol. The fraction of sp³-hybridized carbons (Fsp3) is 0.318. The Morgan fingerprint density at radius 3 is 2.36 bits per heavy atom. The second-order valence-corrected chi connectivity index (χ2v) is 6.55. The molecule has 3 heteroatoms. The average molecular weight is 336 g/mol. The molecule has 0 heterocycles. The van der Waals surface area contributed by atoms with Gasteiger partial charge in [0.2, 0.25) is 0 Å². The molecule has 130 valence electrons. The maximum Gasteiger partial charge on any atom is 0.303 e. The maximum absolute atomic E-state index is 10.6. The molecule has 0 unspecified atom stereocenters. The van der Waals surface area contributed by atoms with Crippen molar-refractivity contribution in [3.05, 3.63) is 76.9 Å². The van der Waals surface area contributed by atoms with Crippen LogP contribution in [0.2, 0.25) is 0 Å². The van der Waals surface area contributed by atoms with Gasteiger partial charge in [0.1, 0.15) is 12.4 Å². The van der Waals surface area contributed by atoms with Crippen molar-refractivity contribution >= 4 is 5.97 Å². The van der Waals surface area contributed by atoms with Gasteiger partial charge in [0, 0.05) is 6.42 Å². The van der Waals surface area contributed by atoms with Crippen molar-refractivity contribution in [2.24, 2.45) is 0 Å². The Labute approximate surface area is 149 Å². The van der Waals surface area contributed by atoms with Gasteiger partial charge < -0.3 is 9.84 Å². The molecule has 0 bridgehead atoms. The van der Waals surface area contributed by atoms with E-state index in [4.69, 9.17) is 9.84 Å². The first-order valence-electron chi connectivity index (χ1n) is 8.88. The van der Waals surface area contributed by atoms with Gasteiger partial charge in [-0.3, -0.25) is 4.79 Å². The van der Waals surface area contributed by atoms with E-state index in [0.717, 1.165) is 24.2 Å². The molecular formula is C22H24O3. The van der Waals surface area contributed by atoms with Crippen LogP contribution in [0.25, 0.3) is 0 Å². The Morgan fingerprint density at radius 1 is 0.920 bits per heavy atom. The molecule has 0 spiro atoms. The number of ether oxygens (including phenoxy) is 1. The van der Waals surface area contributed by atoms with E-state index in [9.17, 15) is 4.79 Å². The van der Waals surface area contributed by atoms with Gasteiger partial charge in [-0.05, 0) is 60.9 Å². The van der Waals surface area contributed by atoms with Crippen LogP contribution in [0.3, 0.4) is 0 Å². The number of rotatable bonds is 8. The topological polar surface area (TPSA) is 46.5 Å². The molecular weight excluding hydrogens is 312 g/mol. The van der Waals surface area contributed by atoms with Crippen molar-refractivity contribution in [3.8, 4) is 5.75 Å². The quantitative estimate of drug-likeness (QED) is 0.704. The van der Waals surface area contributed by atoms with Crippen LogP contribution in [-0.2, 0) is 17.6 Å². The maximum atomic E-state index is 10.6. The van der Waals surface area contributed by atoms with Crippen LogP contribution in [0.15, 0.2) is 65.7 Å². The molecule has 1 aliphatic carbocycles. The molecule has 1 aliphatic rings. The highest BCUT2D eigenvalue weighted by Crippen LogP contribution is 2.29. The highest BCUT2D eigenvalue weighted by atomic mass is 16.5. The zero-order valence-electron chi connectivity index (χ0n) is 14.4. The highest BCUT2D eigenvalue weighted by Gasteiger charge is 2.15. The summed E-state index contributed by atoms with van der Waals surface area (Å²) in [6.07, 6.45) is 5.25. The van der Waals surface area contributed by atoms with Crippen molar-refractivity contribution in [1.29, 1.82) is 0 Å². The van der Waals surface area contributed by atoms with Crippen molar-refractivity contribution < 1.29 is 14.6 Å². The minimum Gasteiger partial charge on any atom is -0.489 e. The SMILES string of the molecule is O=C(O)CCc1ccc(OCC2=C(Cc3ccccc3)CCC2)cc1. The van der Waals surface area contributed by atoms with Gasteiger partial charge in [-0.25, -0.2) is 0 Å². The number of carbonyl (C=O) groups is 1. The second kappa shape index (κ2) is 8.52. The fourth-order valence-electron chi connectivity index (χ4n) is 3.27. The summed E-state index contributed by atoms with van der Waals surface area (Å²) >= 11 is 0. The summed E-state index contributed by atoms with van der Waals surface area (Å²) in [5, 5.41) is 8.74. The number of hydrogen-bond acceptors (Lipinski definition) is 2. The zero-order valence-corrected chi connectivity index (χ0v) is 14.4. The third-order valence-corrected chi connectivity index (χ3v) is 4.68. The summed E-state index contributed by atoms with van der Waals surface area (Å²) in [4.78, 5) is 10.6. The molecule has 0 fully saturated rings. The highest BCUT2D eigenvalue weighted by molar-refractivity contribution is 5.67. The Morgan fingerprint density at radius 2 is 1.64 bits per heavy atom. The predicted octanol–water partition coefficient (Wildman–Crippen LogP) is 4.81. The molecule has 0 aliphatic heterocycles. The Hall–Kier alpha value is -2.55. The van der Waals surface area contributed by atoms with Crippen LogP contribution < -0.4 is 4.74 Å². The summed E-state index contributed by atoms with van der Waals surface area (Å²) in [5.41, 5.74) is 5.34. The van der Waals surface area contributed by atoms with Crippen LogP contribution in [0.1, 0.15) is 36.8 Å². The van der Waals surface area contributed by atoms with Gasteiger partial charge in [-0.15, -0.1) is 0 Å². The molecule has 2 aromatic rings. The van der Waals surface area contributed by atoms with Gasteiger partial charge in [0.05, 0.1) is 0 Å². The van der Waals surface area contributed by atoms with Gasteiger partial charge in [0.25, 0.3) is 0 Å². The molecule has 0 amide bonds. The largest absolute Gasteiger partial charge is 0.489 e. The van der Waals surface area contributed by atoms with Crippen LogP contribution in [-0.4, -0.2) is 17.7 Å². The second-order valence-electron chi connectivity index (χ2n) is 6.55. The molecule has 3 nitrogen and oxygen atoms in total. The van der Waals surface area contributed by atoms with E-state index in [-0.39, 0.29) is 6.42 Å². The van der Waals surface area contributed by atoms with Crippen molar-refractivity contribution in [3.63, 3.8) is 0 Å². The molecule has 25 heavy (non-hydrogen) atoms. The van der Waals surface area contributed by atoms with Crippen molar-refractivity contribution in [2.75, 3.05) is 6.61 Å². The molecule has 0 radical (unpaired) electrons. The third-order valence-electron chi connectivity index (χ3n) is 4.68. The number of benzene rings is 2. The van der Waals surface area contributed by atoms with Gasteiger partial charge in [-0.1, -0.05) is 48.0 Å². The number of aryl methyl sites for hydroxylation is 1. The summed E-state index contributed by atoms with van der Waals surface area (Å²) in [5.74, 6) is 0.0805. The lowest BCUT2D eigenvalue weighted by molar-refractivity contribution is -0.136. The van der Waals surface area contributed by atoms with E-state index in [0.29, 0.717) is 13.0 Å². The molecule has 2 aromatic carbocycles. The molecule has 0 aromatic heterocycles. The van der Waals surface area contributed by atoms with Gasteiger partial charge in [-0.2, -0.15) is 0 Å². The Kier molecular flexibility index (Phi) is 5.89. The minimum atomic E-state index is -0.764. The fourth-order valence-corrected chi connectivity index (χ4v) is 3.27. The van der Waals surface area contributed by atoms with E-state index in [1.54, 1.807) is 0 Å². The first-order valence-corrected chi connectivity index (χ1v) is 8.88. The van der Waals surface area contributed by atoms with E-state index in [1.807, 2.05) is 24.3 Å². The summed E-state index contributed by atoms with van der Waals surface area (Å²) in [6.45, 7) is 0.649. The van der Waals surface area contributed by atoms with E-state index >= 15 is 0 Å². The molecule has 0 saturated heterocycles. The van der Waals surface area contributed by atoms with Gasteiger partial charge in [0.15, 0.2) is 0 Å². The normalized spacial score (nSPS) is 13.9. The van der Waals surface area contributed by atoms with Crippen LogP contribution in [0.4, 0.5) is 0 Å². The number of allylic oxidation sites excluding steroid dienone is 1. The average Bonchev–Trinajstić information content (AvgIpc) is 3.07. The van der Waals surface area contributed by atoms with Gasteiger partial charge >= 0.3 is 5.97 Å². The lowest BCUT2D eigenvalue weighted by Gasteiger charge is -2.11. The number of aliphatic carboxylic acids is 1. The molecule has 0 saturated carbocycles. The van der Waals surface area contributed by atoms with Crippen molar-refractivity contribution in [1.82, 2.24) is 0 Å².